The number of hydrogen-bond donors (Lipinski definition) is 2. The maximum absolute atomic E-state index is 11.8. The van der Waals surface area contributed by atoms with E-state index in [1.54, 1.807) is 0 Å². The normalized spacial score (nSPS) is 16.0. The van der Waals surface area contributed by atoms with Crippen molar-refractivity contribution in [2.45, 2.75) is 57.9 Å². The summed E-state index contributed by atoms with van der Waals surface area (Å²) in [4.78, 5) is 23.6. The first kappa shape index (κ1) is 17.2. The van der Waals surface area contributed by atoms with Gasteiger partial charge in [0, 0.05) is 11.8 Å². The highest BCUT2D eigenvalue weighted by Gasteiger charge is 2.20. The number of aryl methyl sites for hydroxylation is 1. The Morgan fingerprint density at radius 1 is 1.09 bits per heavy atom. The van der Waals surface area contributed by atoms with E-state index in [4.69, 9.17) is 0 Å². The van der Waals surface area contributed by atoms with Gasteiger partial charge in [-0.1, -0.05) is 49.6 Å². The number of carbonyl (C=O) groups is 2. The van der Waals surface area contributed by atoms with Gasteiger partial charge in [0.2, 0.25) is 0 Å². The van der Waals surface area contributed by atoms with Crippen molar-refractivity contribution in [2.75, 3.05) is 0 Å². The quantitative estimate of drug-likeness (QED) is 0.498. The first-order valence-corrected chi connectivity index (χ1v) is 8.33. The molecule has 1 aliphatic rings. The Kier molecular flexibility index (Phi) is 6.78. The van der Waals surface area contributed by atoms with Gasteiger partial charge in [-0.05, 0) is 38.2 Å². The molecule has 5 heteroatoms. The zero-order valence-electron chi connectivity index (χ0n) is 13.7. The number of benzene rings is 1. The highest BCUT2D eigenvalue weighted by molar-refractivity contribution is 6.35. The summed E-state index contributed by atoms with van der Waals surface area (Å²) < 4.78 is 0. The molecule has 1 saturated carbocycles. The zero-order chi connectivity index (χ0) is 16.5. The average Bonchev–Trinajstić information content (AvgIpc) is 2.59. The van der Waals surface area contributed by atoms with Crippen LogP contribution in [0.3, 0.4) is 0 Å². The minimum Gasteiger partial charge on any atom is -0.345 e. The van der Waals surface area contributed by atoms with Gasteiger partial charge in [0.1, 0.15) is 0 Å². The van der Waals surface area contributed by atoms with Crippen molar-refractivity contribution in [3.05, 3.63) is 35.9 Å². The first-order valence-electron chi connectivity index (χ1n) is 8.33. The van der Waals surface area contributed by atoms with Crippen LogP contribution >= 0.6 is 0 Å². The van der Waals surface area contributed by atoms with E-state index in [-0.39, 0.29) is 6.04 Å². The Morgan fingerprint density at radius 2 is 1.78 bits per heavy atom. The average molecular weight is 315 g/mol. The van der Waals surface area contributed by atoms with Gasteiger partial charge in [0.15, 0.2) is 0 Å². The summed E-state index contributed by atoms with van der Waals surface area (Å²) in [5.74, 6) is -1.27. The summed E-state index contributed by atoms with van der Waals surface area (Å²) in [6, 6.07) is 10.2. The number of amides is 2. The van der Waals surface area contributed by atoms with Crippen LogP contribution < -0.4 is 10.7 Å². The van der Waals surface area contributed by atoms with Gasteiger partial charge < -0.3 is 5.32 Å². The summed E-state index contributed by atoms with van der Waals surface area (Å²) in [6.07, 6.45) is 6.96. The molecule has 2 amide bonds. The summed E-state index contributed by atoms with van der Waals surface area (Å²) >= 11 is 0. The topological polar surface area (TPSA) is 70.6 Å². The number of hydrogen-bond acceptors (Lipinski definition) is 3. The minimum atomic E-state index is -0.686. The van der Waals surface area contributed by atoms with Crippen LogP contribution in [0.5, 0.6) is 0 Å². The molecule has 0 bridgehead atoms. The molecule has 1 aromatic carbocycles. The Morgan fingerprint density at radius 3 is 2.48 bits per heavy atom. The number of rotatable bonds is 5. The molecule has 0 atom stereocenters. The highest BCUT2D eigenvalue weighted by Crippen LogP contribution is 2.17. The first-order chi connectivity index (χ1) is 11.1. The molecule has 0 aromatic heterocycles. The number of nitrogens with one attached hydrogen (secondary N) is 2. The van der Waals surface area contributed by atoms with Crippen LogP contribution in [0.15, 0.2) is 35.4 Å². The number of hydrazone groups is 1. The molecule has 1 aliphatic carbocycles. The lowest BCUT2D eigenvalue weighted by molar-refractivity contribution is -0.139. The van der Waals surface area contributed by atoms with E-state index in [1.165, 1.54) is 12.0 Å². The summed E-state index contributed by atoms with van der Waals surface area (Å²) in [5, 5.41) is 6.79. The van der Waals surface area contributed by atoms with Crippen molar-refractivity contribution in [1.29, 1.82) is 0 Å². The molecule has 1 aromatic rings. The predicted molar refractivity (Wildman–Crippen MR) is 91.0 cm³/mol. The van der Waals surface area contributed by atoms with Crippen molar-refractivity contribution in [3.8, 4) is 0 Å². The van der Waals surface area contributed by atoms with Crippen LogP contribution in [0.2, 0.25) is 0 Å². The fraction of sp³-hybridized carbons (Fsp3) is 0.500. The number of nitrogens with zero attached hydrogens (tertiary/aromatic N) is 1. The van der Waals surface area contributed by atoms with E-state index >= 15 is 0 Å². The van der Waals surface area contributed by atoms with E-state index in [0.717, 1.165) is 44.2 Å². The monoisotopic (exact) mass is 315 g/mol. The molecule has 0 unspecified atom stereocenters. The van der Waals surface area contributed by atoms with Crippen LogP contribution in [0.1, 0.15) is 51.0 Å². The third kappa shape index (κ3) is 6.22. The van der Waals surface area contributed by atoms with Gasteiger partial charge in [-0.25, -0.2) is 5.43 Å². The standard InChI is InChI=1S/C18H25N3O2/c1-14(12-13-15-8-4-2-5-9-15)20-21-18(23)17(22)19-16-10-6-3-7-11-16/h2,4-5,8-9,16H,3,6-7,10-13H2,1H3,(H,19,22)(H,21,23)/b20-14+. The van der Waals surface area contributed by atoms with Crippen LogP contribution in [0.4, 0.5) is 0 Å². The molecule has 5 nitrogen and oxygen atoms in total. The van der Waals surface area contributed by atoms with Crippen molar-refractivity contribution in [2.24, 2.45) is 5.10 Å². The molecule has 0 radical (unpaired) electrons. The van der Waals surface area contributed by atoms with Gasteiger partial charge in [0.05, 0.1) is 0 Å². The second-order valence-corrected chi connectivity index (χ2v) is 6.08. The molecular weight excluding hydrogens is 290 g/mol. The van der Waals surface area contributed by atoms with E-state index in [0.29, 0.717) is 0 Å². The molecule has 23 heavy (non-hydrogen) atoms. The predicted octanol–water partition coefficient (Wildman–Crippen LogP) is 2.56. The molecular formula is C18H25N3O2. The molecule has 2 N–H and O–H groups in total. The lowest BCUT2D eigenvalue weighted by Crippen LogP contribution is -2.44. The second kappa shape index (κ2) is 9.08. The van der Waals surface area contributed by atoms with Crippen LogP contribution in [0, 0.1) is 0 Å². The van der Waals surface area contributed by atoms with E-state index in [9.17, 15) is 9.59 Å². The third-order valence-corrected chi connectivity index (χ3v) is 4.11. The van der Waals surface area contributed by atoms with E-state index < -0.39 is 11.8 Å². The molecule has 0 heterocycles. The lowest BCUT2D eigenvalue weighted by atomic mass is 9.95. The minimum absolute atomic E-state index is 0.130. The Hall–Kier alpha value is -2.17. The number of carbonyl (C=O) groups excluding carboxylic acids is 2. The van der Waals surface area contributed by atoms with Crippen LogP contribution in [0.25, 0.3) is 0 Å². The van der Waals surface area contributed by atoms with E-state index in [1.807, 2.05) is 25.1 Å². The molecule has 1 fully saturated rings. The summed E-state index contributed by atoms with van der Waals surface area (Å²) in [6.45, 7) is 1.85. The smallest absolute Gasteiger partial charge is 0.329 e. The van der Waals surface area contributed by atoms with E-state index in [2.05, 4.69) is 28.0 Å². The van der Waals surface area contributed by atoms with Crippen LogP contribution in [-0.2, 0) is 16.0 Å². The highest BCUT2D eigenvalue weighted by atomic mass is 16.2. The molecule has 0 saturated heterocycles. The van der Waals surface area contributed by atoms with Crippen molar-refractivity contribution < 1.29 is 9.59 Å². The van der Waals surface area contributed by atoms with Crippen molar-refractivity contribution >= 4 is 17.5 Å². The lowest BCUT2D eigenvalue weighted by Gasteiger charge is -2.22. The van der Waals surface area contributed by atoms with Gasteiger partial charge in [0.25, 0.3) is 0 Å². The fourth-order valence-electron chi connectivity index (χ4n) is 2.72. The van der Waals surface area contributed by atoms with Gasteiger partial charge in [-0.15, -0.1) is 0 Å². The van der Waals surface area contributed by atoms with Crippen molar-refractivity contribution in [3.63, 3.8) is 0 Å². The van der Waals surface area contributed by atoms with Gasteiger partial charge in [-0.2, -0.15) is 5.10 Å². The zero-order valence-corrected chi connectivity index (χ0v) is 13.7. The maximum atomic E-state index is 11.8. The molecule has 0 aliphatic heterocycles. The molecule has 2 rings (SSSR count). The van der Waals surface area contributed by atoms with Gasteiger partial charge >= 0.3 is 11.8 Å². The van der Waals surface area contributed by atoms with Gasteiger partial charge in [-0.3, -0.25) is 9.59 Å². The largest absolute Gasteiger partial charge is 0.345 e. The van der Waals surface area contributed by atoms with Crippen LogP contribution in [-0.4, -0.2) is 23.6 Å². The fourth-order valence-corrected chi connectivity index (χ4v) is 2.72. The Balaban J connectivity index is 1.72. The molecule has 124 valence electrons. The SMILES string of the molecule is C/C(CCc1ccccc1)=N\NC(=O)C(=O)NC1CCCCC1. The third-order valence-electron chi connectivity index (χ3n) is 4.11. The second-order valence-electron chi connectivity index (χ2n) is 6.08. The maximum Gasteiger partial charge on any atom is 0.329 e. The Labute approximate surface area is 137 Å². The summed E-state index contributed by atoms with van der Waals surface area (Å²) in [5.41, 5.74) is 4.37. The summed E-state index contributed by atoms with van der Waals surface area (Å²) in [7, 11) is 0. The Bertz CT molecular complexity index is 549. The van der Waals surface area contributed by atoms with Crippen molar-refractivity contribution in [1.82, 2.24) is 10.7 Å². The molecule has 0 spiro atoms.